The first-order chi connectivity index (χ1) is 11.2. The molecule has 2 aromatic carbocycles. The summed E-state index contributed by atoms with van der Waals surface area (Å²) < 4.78 is 5.08. The monoisotopic (exact) mass is 309 g/mol. The van der Waals surface area contributed by atoms with Gasteiger partial charge < -0.3 is 14.7 Å². The van der Waals surface area contributed by atoms with Crippen molar-refractivity contribution in [3.05, 3.63) is 71.0 Å². The summed E-state index contributed by atoms with van der Waals surface area (Å²) in [6.07, 6.45) is 3.68. The highest BCUT2D eigenvalue weighted by atomic mass is 16.6. The van der Waals surface area contributed by atoms with E-state index in [0.29, 0.717) is 0 Å². The normalized spacial score (nSPS) is 10.3. The molecule has 0 saturated heterocycles. The van der Waals surface area contributed by atoms with Gasteiger partial charge in [-0.1, -0.05) is 0 Å². The van der Waals surface area contributed by atoms with Crippen molar-refractivity contribution < 1.29 is 9.66 Å². The van der Waals surface area contributed by atoms with Crippen LogP contribution >= 0.6 is 0 Å². The van der Waals surface area contributed by atoms with Crippen LogP contribution in [0.15, 0.2) is 60.9 Å². The molecule has 2 N–H and O–H groups in total. The van der Waals surface area contributed by atoms with Gasteiger partial charge in [-0.05, 0) is 36.4 Å². The molecule has 6 heteroatoms. The molecule has 0 aliphatic carbocycles. The lowest BCUT2D eigenvalue weighted by Gasteiger charge is -1.97. The van der Waals surface area contributed by atoms with Crippen LogP contribution in [0.1, 0.15) is 0 Å². The Morgan fingerprint density at radius 1 is 0.913 bits per heavy atom. The molecule has 0 amide bonds. The Labute approximate surface area is 131 Å². The molecule has 23 heavy (non-hydrogen) atoms. The number of benzene rings is 2. The largest absolute Gasteiger partial charge is 0.497 e. The molecule has 0 fully saturated rings. The molecule has 4 rings (SSSR count). The van der Waals surface area contributed by atoms with Gasteiger partial charge in [0.1, 0.15) is 5.75 Å². The van der Waals surface area contributed by atoms with E-state index in [4.69, 9.17) is 4.74 Å². The van der Waals surface area contributed by atoms with Crippen LogP contribution in [0, 0.1) is 10.1 Å². The summed E-state index contributed by atoms with van der Waals surface area (Å²) in [5.74, 6) is 0.900. The van der Waals surface area contributed by atoms with E-state index in [1.165, 1.54) is 11.5 Å². The van der Waals surface area contributed by atoms with E-state index in [2.05, 4.69) is 9.97 Å². The second-order valence-electron chi connectivity index (χ2n) is 4.94. The zero-order valence-corrected chi connectivity index (χ0v) is 12.4. The molecule has 0 bridgehead atoms. The van der Waals surface area contributed by atoms with Gasteiger partial charge in [-0.25, -0.2) is 0 Å². The van der Waals surface area contributed by atoms with Crippen molar-refractivity contribution in [2.24, 2.45) is 0 Å². The third-order valence-electron chi connectivity index (χ3n) is 3.51. The molecular formula is C17H15N3O3. The zero-order valence-electron chi connectivity index (χ0n) is 12.4. The quantitative estimate of drug-likeness (QED) is 0.429. The van der Waals surface area contributed by atoms with Crippen LogP contribution < -0.4 is 4.74 Å². The molecule has 116 valence electrons. The molecule has 0 aliphatic rings. The molecular weight excluding hydrogens is 294 g/mol. The molecule has 0 aliphatic heterocycles. The van der Waals surface area contributed by atoms with E-state index >= 15 is 0 Å². The van der Waals surface area contributed by atoms with Crippen LogP contribution in [0.5, 0.6) is 5.75 Å². The molecule has 2 heterocycles. The van der Waals surface area contributed by atoms with Crippen molar-refractivity contribution in [3.63, 3.8) is 0 Å². The first kappa shape index (κ1) is 14.6. The number of aromatic nitrogens is 2. The van der Waals surface area contributed by atoms with Gasteiger partial charge in [-0.2, -0.15) is 0 Å². The van der Waals surface area contributed by atoms with E-state index in [-0.39, 0.29) is 5.69 Å². The Kier molecular flexibility index (Phi) is 3.97. The summed E-state index contributed by atoms with van der Waals surface area (Å²) in [4.78, 5) is 16.0. The SMILES string of the molecule is COc1ccc2[nH]ccc2c1.O=[N+]([O-])c1ccc2[nH]ccc2c1. The van der Waals surface area contributed by atoms with Gasteiger partial charge in [-0.15, -0.1) is 0 Å². The van der Waals surface area contributed by atoms with Crippen molar-refractivity contribution in [3.8, 4) is 5.75 Å². The average Bonchev–Trinajstić information content (AvgIpc) is 3.22. The lowest BCUT2D eigenvalue weighted by molar-refractivity contribution is -0.384. The molecule has 2 aromatic heterocycles. The van der Waals surface area contributed by atoms with Gasteiger partial charge in [-0.3, -0.25) is 10.1 Å². The van der Waals surface area contributed by atoms with E-state index in [9.17, 15) is 10.1 Å². The third-order valence-corrected chi connectivity index (χ3v) is 3.51. The van der Waals surface area contributed by atoms with Gasteiger partial charge in [0.05, 0.1) is 12.0 Å². The van der Waals surface area contributed by atoms with Crippen LogP contribution in [-0.4, -0.2) is 22.0 Å². The Morgan fingerprint density at radius 3 is 2.13 bits per heavy atom. The standard InChI is InChI=1S/C9H9NO.C8H6N2O2/c1-11-8-2-3-9-7(6-8)4-5-10-9;11-10(12)7-1-2-8-6(5-7)3-4-9-8/h2-6,10H,1H3;1-5,9H. The Balaban J connectivity index is 0.000000136. The number of methoxy groups -OCH3 is 1. The summed E-state index contributed by atoms with van der Waals surface area (Å²) in [5.41, 5.74) is 2.19. The summed E-state index contributed by atoms with van der Waals surface area (Å²) in [7, 11) is 1.67. The highest BCUT2D eigenvalue weighted by Gasteiger charge is 2.05. The summed E-state index contributed by atoms with van der Waals surface area (Å²) in [5, 5.41) is 12.4. The lowest BCUT2D eigenvalue weighted by Crippen LogP contribution is -1.86. The number of nitrogens with one attached hydrogen (secondary N) is 2. The highest BCUT2D eigenvalue weighted by molar-refractivity contribution is 5.81. The summed E-state index contributed by atoms with van der Waals surface area (Å²) in [6.45, 7) is 0. The van der Waals surface area contributed by atoms with Crippen LogP contribution in [0.3, 0.4) is 0 Å². The maximum absolute atomic E-state index is 10.4. The fourth-order valence-corrected chi connectivity index (χ4v) is 2.31. The van der Waals surface area contributed by atoms with Gasteiger partial charge in [0.2, 0.25) is 0 Å². The molecule has 0 atom stereocenters. The maximum atomic E-state index is 10.4. The van der Waals surface area contributed by atoms with E-state index in [1.807, 2.05) is 36.5 Å². The molecule has 0 radical (unpaired) electrons. The number of nitrogens with zero attached hydrogens (tertiary/aromatic N) is 1. The van der Waals surface area contributed by atoms with Crippen molar-refractivity contribution in [2.45, 2.75) is 0 Å². The second kappa shape index (κ2) is 6.23. The Morgan fingerprint density at radius 2 is 1.52 bits per heavy atom. The fraction of sp³-hybridized carbons (Fsp3) is 0.0588. The van der Waals surface area contributed by atoms with E-state index < -0.39 is 4.92 Å². The van der Waals surface area contributed by atoms with Crippen molar-refractivity contribution >= 4 is 27.5 Å². The number of non-ortho nitro benzene ring substituents is 1. The molecule has 6 nitrogen and oxygen atoms in total. The Hall–Kier alpha value is -3.28. The lowest BCUT2D eigenvalue weighted by atomic mass is 10.2. The van der Waals surface area contributed by atoms with Gasteiger partial charge >= 0.3 is 0 Å². The van der Waals surface area contributed by atoms with Crippen molar-refractivity contribution in [2.75, 3.05) is 7.11 Å². The number of hydrogen-bond donors (Lipinski definition) is 2. The number of nitro groups is 1. The van der Waals surface area contributed by atoms with Crippen LogP contribution in [0.25, 0.3) is 21.8 Å². The number of H-pyrrole nitrogens is 2. The minimum atomic E-state index is -0.396. The number of ether oxygens (including phenoxy) is 1. The second-order valence-corrected chi connectivity index (χ2v) is 4.94. The zero-order chi connectivity index (χ0) is 16.2. The van der Waals surface area contributed by atoms with Gasteiger partial charge in [0.25, 0.3) is 5.69 Å². The number of nitro benzene ring substituents is 1. The van der Waals surface area contributed by atoms with E-state index in [0.717, 1.165) is 22.2 Å². The molecule has 0 saturated carbocycles. The Bertz CT molecular complexity index is 956. The number of hydrogen-bond acceptors (Lipinski definition) is 3. The van der Waals surface area contributed by atoms with Crippen molar-refractivity contribution in [1.29, 1.82) is 0 Å². The van der Waals surface area contributed by atoms with Crippen LogP contribution in [-0.2, 0) is 0 Å². The smallest absolute Gasteiger partial charge is 0.270 e. The third kappa shape index (κ3) is 3.16. The predicted octanol–water partition coefficient (Wildman–Crippen LogP) is 4.25. The van der Waals surface area contributed by atoms with Crippen molar-refractivity contribution in [1.82, 2.24) is 9.97 Å². The van der Waals surface area contributed by atoms with Crippen LogP contribution in [0.4, 0.5) is 5.69 Å². The number of aromatic amines is 2. The first-order valence-corrected chi connectivity index (χ1v) is 7.00. The predicted molar refractivity (Wildman–Crippen MR) is 89.8 cm³/mol. The van der Waals surface area contributed by atoms with Gasteiger partial charge in [0, 0.05) is 46.3 Å². The maximum Gasteiger partial charge on any atom is 0.270 e. The number of rotatable bonds is 2. The van der Waals surface area contributed by atoms with Crippen LogP contribution in [0.2, 0.25) is 0 Å². The average molecular weight is 309 g/mol. The molecule has 0 spiro atoms. The van der Waals surface area contributed by atoms with Gasteiger partial charge in [0.15, 0.2) is 0 Å². The topological polar surface area (TPSA) is 83.9 Å². The minimum Gasteiger partial charge on any atom is -0.497 e. The summed E-state index contributed by atoms with van der Waals surface area (Å²) >= 11 is 0. The number of fused-ring (bicyclic) bond motifs is 2. The van der Waals surface area contributed by atoms with E-state index in [1.54, 1.807) is 25.4 Å². The summed E-state index contributed by atoms with van der Waals surface area (Å²) in [6, 6.07) is 14.5. The first-order valence-electron chi connectivity index (χ1n) is 7.00. The molecule has 0 unspecified atom stereocenters. The minimum absolute atomic E-state index is 0.127. The highest BCUT2D eigenvalue weighted by Crippen LogP contribution is 2.19. The molecule has 4 aromatic rings. The fourth-order valence-electron chi connectivity index (χ4n) is 2.31.